The summed E-state index contributed by atoms with van der Waals surface area (Å²) in [5.41, 5.74) is 0. The van der Waals surface area contributed by atoms with Crippen LogP contribution in [0.2, 0.25) is 0 Å². The molecule has 0 aliphatic carbocycles. The summed E-state index contributed by atoms with van der Waals surface area (Å²) >= 11 is 1.43. The fourth-order valence-electron chi connectivity index (χ4n) is 2.70. The summed E-state index contributed by atoms with van der Waals surface area (Å²) in [5.74, 6) is 1.23. The molecule has 0 unspecified atom stereocenters. The second-order valence-corrected chi connectivity index (χ2v) is 9.63. The Bertz CT molecular complexity index is 394. The lowest BCUT2D eigenvalue weighted by molar-refractivity contribution is 0.607. The van der Waals surface area contributed by atoms with Crippen molar-refractivity contribution in [1.82, 2.24) is 9.59 Å². The normalized spacial score (nSPS) is 11.6. The molecule has 2 nitrogen and oxygen atoms in total. The molecule has 0 N–H and O–H groups in total. The highest BCUT2D eigenvalue weighted by molar-refractivity contribution is 8.76. The van der Waals surface area contributed by atoms with E-state index in [1.807, 2.05) is 16.2 Å². The van der Waals surface area contributed by atoms with Gasteiger partial charge in [-0.3, -0.25) is 0 Å². The SMILES string of the molecule is CCCCCCCC/C=C\CCCCCCCCSSc1csnn1. The molecule has 1 heterocycles. The van der Waals surface area contributed by atoms with E-state index in [0.717, 1.165) is 5.03 Å². The Morgan fingerprint density at radius 3 is 2.04 bits per heavy atom. The van der Waals surface area contributed by atoms with E-state index in [4.69, 9.17) is 0 Å². The van der Waals surface area contributed by atoms with E-state index in [1.54, 1.807) is 10.8 Å². The summed E-state index contributed by atoms with van der Waals surface area (Å²) in [6.45, 7) is 2.28. The van der Waals surface area contributed by atoms with Crippen LogP contribution in [0, 0.1) is 0 Å². The summed E-state index contributed by atoms with van der Waals surface area (Å²) in [6, 6.07) is 0. The molecule has 0 spiro atoms. The highest BCUT2D eigenvalue weighted by Crippen LogP contribution is 2.30. The Hall–Kier alpha value is -0.000000000000000111. The van der Waals surface area contributed by atoms with Crippen molar-refractivity contribution in [2.24, 2.45) is 0 Å². The molecule has 1 rings (SSSR count). The third-order valence-corrected chi connectivity index (χ3v) is 7.19. The number of hydrogen-bond acceptors (Lipinski definition) is 5. The van der Waals surface area contributed by atoms with Crippen molar-refractivity contribution in [3.8, 4) is 0 Å². The van der Waals surface area contributed by atoms with Gasteiger partial charge in [-0.25, -0.2) is 0 Å². The Morgan fingerprint density at radius 2 is 1.44 bits per heavy atom. The van der Waals surface area contributed by atoms with Crippen LogP contribution in [-0.4, -0.2) is 15.3 Å². The van der Waals surface area contributed by atoms with E-state index in [0.29, 0.717) is 0 Å². The molecule has 0 fully saturated rings. The molecule has 0 bridgehead atoms. The Labute approximate surface area is 167 Å². The minimum absolute atomic E-state index is 1.06. The van der Waals surface area contributed by atoms with Gasteiger partial charge in [0.15, 0.2) is 0 Å². The maximum Gasteiger partial charge on any atom is 0.142 e. The largest absolute Gasteiger partial charge is 0.142 e. The molecule has 25 heavy (non-hydrogen) atoms. The van der Waals surface area contributed by atoms with Gasteiger partial charge in [-0.2, -0.15) is 0 Å². The summed E-state index contributed by atoms with van der Waals surface area (Å²) in [6.07, 6.45) is 24.1. The lowest BCUT2D eigenvalue weighted by Gasteiger charge is -2.01. The van der Waals surface area contributed by atoms with Gasteiger partial charge in [-0.15, -0.1) is 5.10 Å². The molecule has 5 heteroatoms. The molecule has 0 aliphatic rings. The molecule has 1 aromatic rings. The van der Waals surface area contributed by atoms with Gasteiger partial charge in [-0.05, 0) is 54.4 Å². The van der Waals surface area contributed by atoms with Crippen molar-refractivity contribution in [1.29, 1.82) is 0 Å². The maximum atomic E-state index is 4.04. The van der Waals surface area contributed by atoms with Gasteiger partial charge >= 0.3 is 0 Å². The van der Waals surface area contributed by atoms with Crippen molar-refractivity contribution in [3.63, 3.8) is 0 Å². The second kappa shape index (κ2) is 18.8. The van der Waals surface area contributed by atoms with Crippen molar-refractivity contribution < 1.29 is 0 Å². The zero-order valence-electron chi connectivity index (χ0n) is 16.0. The van der Waals surface area contributed by atoms with Crippen LogP contribution < -0.4 is 0 Å². The predicted octanol–water partition coefficient (Wildman–Crippen LogP) is 8.32. The van der Waals surface area contributed by atoms with E-state index < -0.39 is 0 Å². The Kier molecular flexibility index (Phi) is 17.3. The Balaban J connectivity index is 1.70. The van der Waals surface area contributed by atoms with Crippen LogP contribution in [0.4, 0.5) is 0 Å². The van der Waals surface area contributed by atoms with Gasteiger partial charge in [0, 0.05) is 11.1 Å². The number of nitrogens with zero attached hydrogens (tertiary/aromatic N) is 2. The standard InChI is InChI=1S/C20H36N2S3/c1-2-3-4-5-6-7-8-9-10-11-12-13-14-15-16-17-18-24-25-20-19-23-22-21-20/h9-10,19H,2-8,11-18H2,1H3/b10-9-. The van der Waals surface area contributed by atoms with Gasteiger partial charge in [0.2, 0.25) is 0 Å². The molecule has 0 radical (unpaired) electrons. The van der Waals surface area contributed by atoms with E-state index in [1.165, 1.54) is 107 Å². The summed E-state index contributed by atoms with van der Waals surface area (Å²) in [4.78, 5) is 0. The molecule has 0 saturated heterocycles. The quantitative estimate of drug-likeness (QED) is 0.140. The highest BCUT2D eigenvalue weighted by atomic mass is 33.1. The van der Waals surface area contributed by atoms with Crippen LogP contribution in [0.1, 0.15) is 96.8 Å². The van der Waals surface area contributed by atoms with Crippen LogP contribution in [0.3, 0.4) is 0 Å². The molecule has 1 aromatic heterocycles. The first-order valence-electron chi connectivity index (χ1n) is 10.1. The van der Waals surface area contributed by atoms with E-state index in [9.17, 15) is 0 Å². The molecule has 144 valence electrons. The average molecular weight is 401 g/mol. The number of aromatic nitrogens is 2. The zero-order valence-corrected chi connectivity index (χ0v) is 18.4. The van der Waals surface area contributed by atoms with Crippen molar-refractivity contribution in [3.05, 3.63) is 17.5 Å². The number of hydrogen-bond donors (Lipinski definition) is 0. The molecule has 0 atom stereocenters. The van der Waals surface area contributed by atoms with Gasteiger partial charge < -0.3 is 0 Å². The van der Waals surface area contributed by atoms with Gasteiger partial charge in [-0.1, -0.05) is 92.1 Å². The summed E-state index contributed by atoms with van der Waals surface area (Å²) in [7, 11) is 3.67. The van der Waals surface area contributed by atoms with Gasteiger partial charge in [0.25, 0.3) is 0 Å². The number of allylic oxidation sites excluding steroid dienone is 2. The van der Waals surface area contributed by atoms with Crippen LogP contribution >= 0.6 is 33.1 Å². The van der Waals surface area contributed by atoms with Gasteiger partial charge in [0.05, 0.1) is 0 Å². The third kappa shape index (κ3) is 15.9. The lowest BCUT2D eigenvalue weighted by atomic mass is 10.1. The first-order valence-corrected chi connectivity index (χ1v) is 13.3. The lowest BCUT2D eigenvalue weighted by Crippen LogP contribution is -1.82. The smallest absolute Gasteiger partial charge is 0.131 e. The van der Waals surface area contributed by atoms with Crippen LogP contribution in [0.5, 0.6) is 0 Å². The third-order valence-electron chi connectivity index (χ3n) is 4.22. The van der Waals surface area contributed by atoms with Crippen LogP contribution in [0.15, 0.2) is 22.6 Å². The van der Waals surface area contributed by atoms with Crippen molar-refractivity contribution >= 4 is 33.1 Å². The minimum Gasteiger partial charge on any atom is -0.131 e. The monoisotopic (exact) mass is 400 g/mol. The Morgan fingerprint density at radius 1 is 0.840 bits per heavy atom. The fourth-order valence-corrected chi connectivity index (χ4v) is 5.38. The van der Waals surface area contributed by atoms with Crippen molar-refractivity contribution in [2.45, 2.75) is 102 Å². The minimum atomic E-state index is 1.06. The molecule has 0 amide bonds. The average Bonchev–Trinajstić information content (AvgIpc) is 3.14. The van der Waals surface area contributed by atoms with Crippen LogP contribution in [0.25, 0.3) is 0 Å². The summed E-state index contributed by atoms with van der Waals surface area (Å²) < 4.78 is 3.87. The molecule has 0 aliphatic heterocycles. The molecule has 0 saturated carbocycles. The van der Waals surface area contributed by atoms with Gasteiger partial charge in [0.1, 0.15) is 5.03 Å². The number of rotatable bonds is 18. The van der Waals surface area contributed by atoms with Crippen molar-refractivity contribution in [2.75, 3.05) is 5.75 Å². The molecular formula is C20H36N2S3. The van der Waals surface area contributed by atoms with E-state index in [-0.39, 0.29) is 0 Å². The predicted molar refractivity (Wildman–Crippen MR) is 118 cm³/mol. The molecule has 0 aromatic carbocycles. The topological polar surface area (TPSA) is 25.8 Å². The highest BCUT2D eigenvalue weighted by Gasteiger charge is 1.97. The van der Waals surface area contributed by atoms with E-state index in [2.05, 4.69) is 28.7 Å². The van der Waals surface area contributed by atoms with E-state index >= 15 is 0 Å². The fraction of sp³-hybridized carbons (Fsp3) is 0.800. The second-order valence-electron chi connectivity index (χ2n) is 6.59. The van der Waals surface area contributed by atoms with Crippen LogP contribution in [-0.2, 0) is 0 Å². The first-order chi connectivity index (χ1) is 12.4. The maximum absolute atomic E-state index is 4.04. The summed E-state index contributed by atoms with van der Waals surface area (Å²) in [5, 5.41) is 7.10. The molecular weight excluding hydrogens is 364 g/mol. The zero-order chi connectivity index (χ0) is 17.8. The number of unbranched alkanes of at least 4 members (excludes halogenated alkanes) is 12. The first kappa shape index (κ1) is 23.0.